The Bertz CT molecular complexity index is 1010. The summed E-state index contributed by atoms with van der Waals surface area (Å²) in [5.41, 5.74) is 3.61. The lowest BCUT2D eigenvalue weighted by Crippen LogP contribution is -1.99. The molecule has 6 nitrogen and oxygen atoms in total. The molecule has 3 aromatic heterocycles. The third kappa shape index (κ3) is 2.30. The predicted octanol–water partition coefficient (Wildman–Crippen LogP) is 2.22. The molecule has 0 N–H and O–H groups in total. The van der Waals surface area contributed by atoms with E-state index >= 15 is 0 Å². The summed E-state index contributed by atoms with van der Waals surface area (Å²) in [7, 11) is -1.04. The first-order valence-corrected chi connectivity index (χ1v) is 8.92. The molecule has 1 atom stereocenters. The summed E-state index contributed by atoms with van der Waals surface area (Å²) in [5, 5.41) is 0. The maximum Gasteiger partial charge on any atom is 0.181 e. The minimum Gasteiger partial charge on any atom is -0.311 e. The average molecular weight is 329 g/mol. The van der Waals surface area contributed by atoms with Gasteiger partial charge in [-0.15, -0.1) is 11.3 Å². The van der Waals surface area contributed by atoms with Crippen LogP contribution in [0, 0.1) is 0 Å². The van der Waals surface area contributed by atoms with Crippen LogP contribution in [0.5, 0.6) is 0 Å². The van der Waals surface area contributed by atoms with Crippen molar-refractivity contribution in [3.05, 3.63) is 42.6 Å². The van der Waals surface area contributed by atoms with Crippen molar-refractivity contribution in [2.45, 2.75) is 10.9 Å². The second-order valence-corrected chi connectivity index (χ2v) is 7.42. The molecule has 22 heavy (non-hydrogen) atoms. The van der Waals surface area contributed by atoms with E-state index < -0.39 is 10.8 Å². The quantitative estimate of drug-likeness (QED) is 0.576. The Labute approximate surface area is 132 Å². The highest BCUT2D eigenvalue weighted by molar-refractivity contribution is 7.86. The Kier molecular flexibility index (Phi) is 3.20. The summed E-state index contributed by atoms with van der Waals surface area (Å²) in [5.74, 6) is 0. The second-order valence-electron chi connectivity index (χ2n) is 4.84. The minimum absolute atomic E-state index is 0.660. The van der Waals surface area contributed by atoms with Crippen LogP contribution in [0.25, 0.3) is 21.4 Å². The molecule has 8 heteroatoms. The first kappa shape index (κ1) is 13.5. The highest BCUT2D eigenvalue weighted by Crippen LogP contribution is 2.25. The third-order valence-electron chi connectivity index (χ3n) is 3.31. The van der Waals surface area contributed by atoms with Gasteiger partial charge in [0.2, 0.25) is 0 Å². The number of fused-ring (bicyclic) bond motifs is 2. The molecule has 4 aromatic rings. The van der Waals surface area contributed by atoms with E-state index in [1.807, 2.05) is 16.7 Å². The van der Waals surface area contributed by atoms with Crippen molar-refractivity contribution in [2.75, 3.05) is 6.26 Å². The van der Waals surface area contributed by atoms with Crippen molar-refractivity contribution in [2.24, 2.45) is 0 Å². The molecule has 0 fully saturated rings. The van der Waals surface area contributed by atoms with Gasteiger partial charge in [0.05, 0.1) is 40.1 Å². The van der Waals surface area contributed by atoms with E-state index in [-0.39, 0.29) is 0 Å². The number of aromatic nitrogens is 5. The topological polar surface area (TPSA) is 73.6 Å². The molecule has 0 aliphatic heterocycles. The molecular weight excluding hydrogens is 318 g/mol. The van der Waals surface area contributed by atoms with Crippen molar-refractivity contribution in [3.63, 3.8) is 0 Å². The van der Waals surface area contributed by atoms with Crippen molar-refractivity contribution in [1.82, 2.24) is 24.5 Å². The monoisotopic (exact) mass is 329 g/mol. The van der Waals surface area contributed by atoms with Gasteiger partial charge in [0.15, 0.2) is 9.99 Å². The van der Waals surface area contributed by atoms with Crippen LogP contribution in [-0.2, 0) is 17.3 Å². The summed E-state index contributed by atoms with van der Waals surface area (Å²) < 4.78 is 15.2. The number of rotatable bonds is 3. The molecule has 0 aliphatic carbocycles. The second kappa shape index (κ2) is 5.22. The molecule has 0 aliphatic rings. The first-order chi connectivity index (χ1) is 10.7. The Morgan fingerprint density at radius 1 is 1.27 bits per heavy atom. The largest absolute Gasteiger partial charge is 0.311 e. The lowest BCUT2D eigenvalue weighted by Gasteiger charge is -2.03. The van der Waals surface area contributed by atoms with Crippen LogP contribution in [0.1, 0.15) is 5.56 Å². The van der Waals surface area contributed by atoms with Crippen molar-refractivity contribution < 1.29 is 4.21 Å². The normalized spacial score (nSPS) is 13.0. The maximum atomic E-state index is 11.5. The lowest BCUT2D eigenvalue weighted by molar-refractivity contribution is 0.686. The zero-order valence-corrected chi connectivity index (χ0v) is 13.3. The Morgan fingerprint density at radius 3 is 3.05 bits per heavy atom. The third-order valence-corrected chi connectivity index (χ3v) is 5.66. The summed E-state index contributed by atoms with van der Waals surface area (Å²) in [6.45, 7) is 0.673. The zero-order valence-electron chi connectivity index (χ0n) is 11.6. The Morgan fingerprint density at radius 2 is 2.18 bits per heavy atom. The minimum atomic E-state index is -1.04. The molecule has 0 bridgehead atoms. The highest BCUT2D eigenvalue weighted by Gasteiger charge is 2.09. The SMILES string of the molecule is CS(=O)c1nc2ccc(Cn3cnc4cncnc43)cc2s1. The fourth-order valence-corrected chi connectivity index (χ4v) is 4.02. The van der Waals surface area contributed by atoms with Gasteiger partial charge >= 0.3 is 0 Å². The summed E-state index contributed by atoms with van der Waals surface area (Å²) in [4.78, 5) is 16.9. The Hall–Kier alpha value is -2.19. The van der Waals surface area contributed by atoms with E-state index in [1.165, 1.54) is 17.7 Å². The molecule has 0 saturated heterocycles. The van der Waals surface area contributed by atoms with E-state index in [0.29, 0.717) is 10.9 Å². The zero-order chi connectivity index (χ0) is 15.1. The van der Waals surface area contributed by atoms with Gasteiger partial charge in [0.1, 0.15) is 11.8 Å². The van der Waals surface area contributed by atoms with Crippen LogP contribution in [0.15, 0.2) is 41.4 Å². The fraction of sp³-hybridized carbons (Fsp3) is 0.143. The molecule has 4 rings (SSSR count). The molecule has 0 radical (unpaired) electrons. The number of hydrogen-bond donors (Lipinski definition) is 0. The van der Waals surface area contributed by atoms with Gasteiger partial charge < -0.3 is 4.57 Å². The van der Waals surface area contributed by atoms with Crippen LogP contribution in [0.3, 0.4) is 0 Å². The number of hydrogen-bond acceptors (Lipinski definition) is 6. The van der Waals surface area contributed by atoms with Gasteiger partial charge in [-0.2, -0.15) is 0 Å². The number of imidazole rings is 1. The maximum absolute atomic E-state index is 11.5. The van der Waals surface area contributed by atoms with Crippen LogP contribution < -0.4 is 0 Å². The molecule has 3 heterocycles. The van der Waals surface area contributed by atoms with Crippen LogP contribution in [0.2, 0.25) is 0 Å². The summed E-state index contributed by atoms with van der Waals surface area (Å²) in [6, 6.07) is 6.07. The van der Waals surface area contributed by atoms with Crippen LogP contribution in [0.4, 0.5) is 0 Å². The standard InChI is InChI=1S/C14H11N5OS2/c1-22(20)14-18-10-3-2-9(4-12(10)21-14)6-19-8-17-11-5-15-7-16-13(11)19/h2-5,7-8H,6H2,1H3. The lowest BCUT2D eigenvalue weighted by atomic mass is 10.2. The van der Waals surface area contributed by atoms with Gasteiger partial charge in [-0.05, 0) is 17.7 Å². The summed E-state index contributed by atoms with van der Waals surface area (Å²) in [6.07, 6.45) is 6.64. The average Bonchev–Trinajstić information content (AvgIpc) is 3.11. The molecule has 110 valence electrons. The first-order valence-electron chi connectivity index (χ1n) is 6.54. The van der Waals surface area contributed by atoms with Gasteiger partial charge in [-0.3, -0.25) is 4.21 Å². The molecular formula is C14H11N5OS2. The van der Waals surface area contributed by atoms with Gasteiger partial charge in [-0.1, -0.05) is 6.07 Å². The Balaban J connectivity index is 1.73. The van der Waals surface area contributed by atoms with E-state index in [4.69, 9.17) is 0 Å². The number of benzene rings is 1. The summed E-state index contributed by atoms with van der Waals surface area (Å²) >= 11 is 1.47. The highest BCUT2D eigenvalue weighted by atomic mass is 32.2. The van der Waals surface area contributed by atoms with E-state index in [1.54, 1.807) is 18.8 Å². The van der Waals surface area contributed by atoms with Gasteiger partial charge in [0.25, 0.3) is 0 Å². The molecule has 0 amide bonds. The van der Waals surface area contributed by atoms with Crippen LogP contribution >= 0.6 is 11.3 Å². The number of nitrogens with zero attached hydrogens (tertiary/aromatic N) is 5. The predicted molar refractivity (Wildman–Crippen MR) is 86.4 cm³/mol. The van der Waals surface area contributed by atoms with Gasteiger partial charge in [-0.25, -0.2) is 19.9 Å². The molecule has 0 spiro atoms. The van der Waals surface area contributed by atoms with Gasteiger partial charge in [0, 0.05) is 6.26 Å². The fourth-order valence-electron chi connectivity index (χ4n) is 2.30. The van der Waals surface area contributed by atoms with E-state index in [2.05, 4.69) is 26.0 Å². The molecule has 0 saturated carbocycles. The van der Waals surface area contributed by atoms with E-state index in [9.17, 15) is 4.21 Å². The smallest absolute Gasteiger partial charge is 0.181 e. The van der Waals surface area contributed by atoms with Crippen LogP contribution in [-0.4, -0.2) is 35.0 Å². The van der Waals surface area contributed by atoms with Crippen molar-refractivity contribution >= 4 is 43.5 Å². The molecule has 1 aromatic carbocycles. The van der Waals surface area contributed by atoms with Crippen molar-refractivity contribution in [3.8, 4) is 0 Å². The number of thiazole rings is 1. The van der Waals surface area contributed by atoms with E-state index in [0.717, 1.165) is 26.9 Å². The molecule has 1 unspecified atom stereocenters. The van der Waals surface area contributed by atoms with Crippen molar-refractivity contribution in [1.29, 1.82) is 0 Å².